The second-order valence-corrected chi connectivity index (χ2v) is 12.9. The maximum absolute atomic E-state index is 13.4. The lowest BCUT2D eigenvalue weighted by Gasteiger charge is -2.26. The van der Waals surface area contributed by atoms with Gasteiger partial charge in [-0.1, -0.05) is 79.4 Å². The van der Waals surface area contributed by atoms with E-state index in [2.05, 4.69) is 33.1 Å². The fourth-order valence-electron chi connectivity index (χ4n) is 5.46. The number of para-hydroxylation sites is 1. The van der Waals surface area contributed by atoms with E-state index in [1.165, 1.54) is 0 Å². The first-order valence-corrected chi connectivity index (χ1v) is 17.5. The van der Waals surface area contributed by atoms with E-state index < -0.39 is 36.3 Å². The Morgan fingerprint density at radius 1 is 0.755 bits per heavy atom. The van der Waals surface area contributed by atoms with Crippen molar-refractivity contribution in [1.29, 1.82) is 0 Å². The number of nitrogens with zero attached hydrogens (tertiary/aromatic N) is 1. The molecule has 0 radical (unpaired) electrons. The zero-order chi connectivity index (χ0) is 38.2. The van der Waals surface area contributed by atoms with E-state index in [0.717, 1.165) is 22.3 Å². The van der Waals surface area contributed by atoms with Gasteiger partial charge in [0.15, 0.2) is 0 Å². The minimum Gasteiger partial charge on any atom is -0.480 e. The minimum absolute atomic E-state index is 0.00345. The van der Waals surface area contributed by atoms with Crippen LogP contribution in [0, 0.1) is 17.8 Å². The van der Waals surface area contributed by atoms with Crippen molar-refractivity contribution >= 4 is 41.2 Å². The van der Waals surface area contributed by atoms with Crippen molar-refractivity contribution in [2.45, 2.75) is 58.2 Å². The number of aliphatic carboxylic acids is 1. The van der Waals surface area contributed by atoms with E-state index in [4.69, 9.17) is 4.74 Å². The third kappa shape index (κ3) is 13.2. The van der Waals surface area contributed by atoms with E-state index in [9.17, 15) is 33.9 Å². The molecule has 3 atom stereocenters. The Hall–Kier alpha value is -6.00. The van der Waals surface area contributed by atoms with Gasteiger partial charge in [-0.25, -0.2) is 4.79 Å². The zero-order valence-corrected chi connectivity index (χ0v) is 29.9. The third-order valence-corrected chi connectivity index (χ3v) is 8.33. The molecule has 0 fully saturated rings. The smallest absolute Gasteiger partial charge is 0.326 e. The van der Waals surface area contributed by atoms with Crippen LogP contribution in [0.5, 0.6) is 0 Å². The molecule has 13 nitrogen and oxygen atoms in total. The molecule has 1 aliphatic heterocycles. The SMILES string of the molecule is CC(COC(C)CNC(=O)CCC(=O)N1Cc2ccccc2C#Cc2ccccc21)CC(=O)NCC(=O)NCC(=O)N[C@@H](Cc1ccccc1)C(=O)O. The summed E-state index contributed by atoms with van der Waals surface area (Å²) in [5, 5.41) is 19.5. The highest BCUT2D eigenvalue weighted by atomic mass is 16.5. The van der Waals surface area contributed by atoms with Crippen LogP contribution in [0.4, 0.5) is 5.69 Å². The van der Waals surface area contributed by atoms with Crippen LogP contribution >= 0.6 is 0 Å². The minimum atomic E-state index is -1.20. The number of hydrogen-bond acceptors (Lipinski definition) is 7. The van der Waals surface area contributed by atoms with E-state index in [1.54, 1.807) is 42.2 Å². The molecule has 0 aliphatic carbocycles. The summed E-state index contributed by atoms with van der Waals surface area (Å²) in [6.45, 7) is 3.58. The lowest BCUT2D eigenvalue weighted by Crippen LogP contribution is -2.47. The molecule has 0 saturated heterocycles. The Bertz CT molecular complexity index is 1840. The average Bonchev–Trinajstić information content (AvgIpc) is 3.14. The number of carbonyl (C=O) groups excluding carboxylic acids is 5. The molecule has 2 unspecified atom stereocenters. The van der Waals surface area contributed by atoms with E-state index in [-0.39, 0.29) is 69.2 Å². The summed E-state index contributed by atoms with van der Waals surface area (Å²) in [5.41, 5.74) is 3.98. The molecule has 13 heteroatoms. The van der Waals surface area contributed by atoms with Crippen molar-refractivity contribution in [2.75, 3.05) is 31.1 Å². The van der Waals surface area contributed by atoms with Crippen LogP contribution in [0.2, 0.25) is 0 Å². The fraction of sp³-hybridized carbons (Fsp3) is 0.350. The summed E-state index contributed by atoms with van der Waals surface area (Å²) in [5.74, 6) is 2.81. The van der Waals surface area contributed by atoms with Gasteiger partial charge >= 0.3 is 5.97 Å². The Labute approximate surface area is 308 Å². The normalized spacial score (nSPS) is 13.2. The number of hydrogen-bond donors (Lipinski definition) is 5. The molecular formula is C40H45N5O8. The summed E-state index contributed by atoms with van der Waals surface area (Å²) >= 11 is 0. The monoisotopic (exact) mass is 723 g/mol. The zero-order valence-electron chi connectivity index (χ0n) is 29.9. The van der Waals surface area contributed by atoms with Crippen LogP contribution in [0.15, 0.2) is 78.9 Å². The standard InChI is InChI=1S/C40H45N5O8/c1-27(20-36(47)42-23-37(48)43-24-38(49)44-33(40(51)52)21-29-10-4-3-5-11-29)26-53-28(2)22-41-35(46)18-19-39(50)45-25-32-14-7-6-12-30(32)16-17-31-13-8-9-15-34(31)45/h3-15,27-28,33H,18-26H2,1-2H3,(H,41,46)(H,42,47)(H,43,48)(H,44,49)(H,51,52)/t27?,28?,33-/m0/s1. The van der Waals surface area contributed by atoms with Gasteiger partial charge in [0.05, 0.1) is 38.0 Å². The quantitative estimate of drug-likeness (QED) is 0.124. The van der Waals surface area contributed by atoms with Crippen LogP contribution in [0.3, 0.4) is 0 Å². The van der Waals surface area contributed by atoms with Crippen LogP contribution < -0.4 is 26.2 Å². The number of ether oxygens (including phenoxy) is 1. The summed E-state index contributed by atoms with van der Waals surface area (Å²) in [6, 6.07) is 22.8. The lowest BCUT2D eigenvalue weighted by molar-refractivity contribution is -0.141. The van der Waals surface area contributed by atoms with Crippen LogP contribution in [-0.2, 0) is 46.5 Å². The van der Waals surface area contributed by atoms with Crippen LogP contribution in [0.1, 0.15) is 55.4 Å². The number of carboxylic acid groups (broad SMARTS) is 1. The third-order valence-electron chi connectivity index (χ3n) is 8.33. The molecule has 53 heavy (non-hydrogen) atoms. The lowest BCUT2D eigenvalue weighted by atomic mass is 10.0. The van der Waals surface area contributed by atoms with Crippen molar-refractivity contribution in [3.63, 3.8) is 0 Å². The van der Waals surface area contributed by atoms with Crippen LogP contribution in [0.25, 0.3) is 0 Å². The number of anilines is 1. The largest absolute Gasteiger partial charge is 0.480 e. The first kappa shape index (κ1) is 39.8. The molecule has 0 bridgehead atoms. The Balaban J connectivity index is 1.09. The Morgan fingerprint density at radius 2 is 1.40 bits per heavy atom. The summed E-state index contributed by atoms with van der Waals surface area (Å²) in [7, 11) is 0. The number of amides is 5. The van der Waals surface area contributed by atoms with Gasteiger partial charge in [0.25, 0.3) is 0 Å². The molecule has 0 spiro atoms. The fourth-order valence-corrected chi connectivity index (χ4v) is 5.46. The summed E-state index contributed by atoms with van der Waals surface area (Å²) < 4.78 is 5.80. The van der Waals surface area contributed by atoms with E-state index >= 15 is 0 Å². The van der Waals surface area contributed by atoms with Crippen molar-refractivity contribution in [1.82, 2.24) is 21.3 Å². The van der Waals surface area contributed by atoms with Gasteiger partial charge in [0.1, 0.15) is 6.04 Å². The van der Waals surface area contributed by atoms with E-state index in [0.29, 0.717) is 12.2 Å². The summed E-state index contributed by atoms with van der Waals surface area (Å²) in [4.78, 5) is 76.0. The predicted octanol–water partition coefficient (Wildman–Crippen LogP) is 2.31. The van der Waals surface area contributed by atoms with E-state index in [1.807, 2.05) is 55.5 Å². The molecule has 5 amide bonds. The van der Waals surface area contributed by atoms with Gasteiger partial charge in [-0.15, -0.1) is 0 Å². The number of benzene rings is 3. The first-order valence-electron chi connectivity index (χ1n) is 17.5. The molecule has 0 aromatic heterocycles. The van der Waals surface area contributed by atoms with Gasteiger partial charge in [-0.2, -0.15) is 0 Å². The Morgan fingerprint density at radius 3 is 2.15 bits per heavy atom. The predicted molar refractivity (Wildman–Crippen MR) is 197 cm³/mol. The molecule has 278 valence electrons. The van der Waals surface area contributed by atoms with Gasteiger partial charge in [-0.05, 0) is 42.2 Å². The van der Waals surface area contributed by atoms with Gasteiger partial charge in [0, 0.05) is 43.4 Å². The molecule has 1 aliphatic rings. The number of nitrogens with one attached hydrogen (secondary N) is 4. The second kappa shape index (κ2) is 20.1. The highest BCUT2D eigenvalue weighted by Crippen LogP contribution is 2.26. The first-order chi connectivity index (χ1) is 25.5. The molecule has 3 aromatic rings. The number of carbonyl (C=O) groups is 6. The van der Waals surface area contributed by atoms with Crippen molar-refractivity contribution in [3.05, 3.63) is 101 Å². The number of fused-ring (bicyclic) bond motifs is 2. The van der Waals surface area contributed by atoms with Crippen molar-refractivity contribution < 1.29 is 38.6 Å². The second-order valence-electron chi connectivity index (χ2n) is 12.9. The summed E-state index contributed by atoms with van der Waals surface area (Å²) in [6.07, 6.45) is -0.177. The van der Waals surface area contributed by atoms with Gasteiger partial charge in [-0.3, -0.25) is 24.0 Å². The van der Waals surface area contributed by atoms with Gasteiger partial charge < -0.3 is 36.0 Å². The molecular weight excluding hydrogens is 678 g/mol. The number of carboxylic acids is 1. The highest BCUT2D eigenvalue weighted by Gasteiger charge is 2.23. The van der Waals surface area contributed by atoms with Crippen LogP contribution in [-0.4, -0.2) is 79.0 Å². The molecule has 0 saturated carbocycles. The van der Waals surface area contributed by atoms with Crippen molar-refractivity contribution in [2.24, 2.45) is 5.92 Å². The maximum Gasteiger partial charge on any atom is 0.326 e. The highest BCUT2D eigenvalue weighted by molar-refractivity contribution is 5.97. The maximum atomic E-state index is 13.4. The molecule has 4 rings (SSSR count). The molecule has 3 aromatic carbocycles. The Kier molecular flexibility index (Phi) is 15.1. The van der Waals surface area contributed by atoms with Gasteiger partial charge in [0.2, 0.25) is 29.5 Å². The average molecular weight is 724 g/mol. The van der Waals surface area contributed by atoms with Crippen molar-refractivity contribution in [3.8, 4) is 11.8 Å². The molecule has 1 heterocycles. The number of rotatable bonds is 18. The topological polar surface area (TPSA) is 183 Å². The molecule has 5 N–H and O–H groups in total.